The van der Waals surface area contributed by atoms with Crippen LogP contribution in [0.15, 0.2) is 42.5 Å². The Bertz CT molecular complexity index is 963. The highest BCUT2D eigenvalue weighted by molar-refractivity contribution is 6.31. The first-order valence-electron chi connectivity index (χ1n) is 10.1. The van der Waals surface area contributed by atoms with Gasteiger partial charge in [0.1, 0.15) is 12.4 Å². The molecule has 0 heterocycles. The number of carbonyl (C=O) groups excluding carboxylic acids is 3. The van der Waals surface area contributed by atoms with E-state index >= 15 is 0 Å². The van der Waals surface area contributed by atoms with E-state index in [1.54, 1.807) is 24.3 Å². The van der Waals surface area contributed by atoms with Crippen molar-refractivity contribution in [2.45, 2.75) is 31.7 Å². The van der Waals surface area contributed by atoms with Crippen molar-refractivity contribution in [1.29, 1.82) is 0 Å². The predicted molar refractivity (Wildman–Crippen MR) is 121 cm³/mol. The number of hydrogen-bond donors (Lipinski definition) is 1. The van der Waals surface area contributed by atoms with Crippen LogP contribution in [0.4, 0.5) is 5.69 Å². The van der Waals surface area contributed by atoms with Crippen LogP contribution >= 0.6 is 23.2 Å². The maximum Gasteiger partial charge on any atom is 0.337 e. The molecule has 2 aromatic rings. The number of ether oxygens (including phenoxy) is 1. The van der Waals surface area contributed by atoms with Crippen molar-refractivity contribution < 1.29 is 19.1 Å². The van der Waals surface area contributed by atoms with E-state index < -0.39 is 5.97 Å². The van der Waals surface area contributed by atoms with Crippen LogP contribution in [0.25, 0.3) is 0 Å². The van der Waals surface area contributed by atoms with Crippen molar-refractivity contribution in [1.82, 2.24) is 4.90 Å². The number of fused-ring (bicyclic) bond motifs is 1. The summed E-state index contributed by atoms with van der Waals surface area (Å²) in [6.07, 6.45) is 3.46. The van der Waals surface area contributed by atoms with Crippen LogP contribution < -0.4 is 5.32 Å². The molecule has 31 heavy (non-hydrogen) atoms. The van der Waals surface area contributed by atoms with Crippen molar-refractivity contribution in [3.8, 4) is 0 Å². The lowest BCUT2D eigenvalue weighted by molar-refractivity contribution is -0.135. The van der Waals surface area contributed by atoms with Gasteiger partial charge in [-0.2, -0.15) is 0 Å². The molecule has 0 bridgehead atoms. The predicted octanol–water partition coefficient (Wildman–Crippen LogP) is 4.60. The van der Waals surface area contributed by atoms with E-state index in [2.05, 4.69) is 10.1 Å². The van der Waals surface area contributed by atoms with Gasteiger partial charge in [0.2, 0.25) is 11.8 Å². The Morgan fingerprint density at radius 3 is 2.55 bits per heavy atom. The van der Waals surface area contributed by atoms with Gasteiger partial charge in [-0.3, -0.25) is 9.59 Å². The minimum Gasteiger partial charge on any atom is -0.465 e. The third-order valence-electron chi connectivity index (χ3n) is 5.38. The number of methoxy groups -OCH3 is 1. The minimum atomic E-state index is -0.456. The van der Waals surface area contributed by atoms with Crippen molar-refractivity contribution in [3.05, 3.63) is 64.2 Å². The van der Waals surface area contributed by atoms with E-state index in [1.807, 2.05) is 18.2 Å². The molecule has 2 amide bonds. The molecule has 0 fully saturated rings. The van der Waals surface area contributed by atoms with Crippen LogP contribution in [0, 0.1) is 0 Å². The molecular formula is C23H24Cl2N2O4. The van der Waals surface area contributed by atoms with Gasteiger partial charge in [-0.05, 0) is 60.7 Å². The summed E-state index contributed by atoms with van der Waals surface area (Å²) < 4.78 is 4.67. The van der Waals surface area contributed by atoms with E-state index in [0.717, 1.165) is 36.8 Å². The first-order chi connectivity index (χ1) is 14.9. The van der Waals surface area contributed by atoms with Gasteiger partial charge in [-0.15, -0.1) is 11.6 Å². The summed E-state index contributed by atoms with van der Waals surface area (Å²) in [7, 11) is 1.30. The fourth-order valence-electron chi connectivity index (χ4n) is 3.88. The highest BCUT2D eigenvalue weighted by Gasteiger charge is 2.30. The number of carbonyl (C=O) groups is 3. The lowest BCUT2D eigenvalue weighted by atomic mass is 9.97. The Balaban J connectivity index is 1.79. The maximum absolute atomic E-state index is 12.8. The lowest BCUT2D eigenvalue weighted by Crippen LogP contribution is -2.41. The molecule has 0 saturated carbocycles. The number of hydrogen-bond acceptors (Lipinski definition) is 4. The summed E-state index contributed by atoms with van der Waals surface area (Å²) in [5.41, 5.74) is 2.89. The summed E-state index contributed by atoms with van der Waals surface area (Å²) in [6.45, 7) is -0.138. The van der Waals surface area contributed by atoms with Crippen molar-refractivity contribution >= 4 is 46.7 Å². The molecule has 1 N–H and O–H groups in total. The largest absolute Gasteiger partial charge is 0.465 e. The normalized spacial score (nSPS) is 15.4. The number of nitrogens with zero attached hydrogens (tertiary/aromatic N) is 1. The standard InChI is InChI=1S/C23H24Cl2N2O4/c1-31-23(30)15-9-11-16(12-10-15)26-21(28)14-27(22(29)13-24)20-8-3-2-5-17-18(20)6-4-7-19(17)25/h4,6-7,9-12,20H,2-3,5,8,13-14H2,1H3,(H,26,28)/t20-/m1/s1. The zero-order chi connectivity index (χ0) is 22.4. The Morgan fingerprint density at radius 1 is 1.13 bits per heavy atom. The maximum atomic E-state index is 12.8. The van der Waals surface area contributed by atoms with E-state index in [-0.39, 0.29) is 30.3 Å². The van der Waals surface area contributed by atoms with E-state index in [4.69, 9.17) is 23.2 Å². The molecular weight excluding hydrogens is 439 g/mol. The zero-order valence-electron chi connectivity index (χ0n) is 17.2. The molecule has 0 radical (unpaired) electrons. The zero-order valence-corrected chi connectivity index (χ0v) is 18.7. The van der Waals surface area contributed by atoms with Crippen molar-refractivity contribution in [3.63, 3.8) is 0 Å². The second-order valence-corrected chi connectivity index (χ2v) is 8.02. The molecule has 0 unspecified atom stereocenters. The summed E-state index contributed by atoms with van der Waals surface area (Å²) in [4.78, 5) is 38.5. The van der Waals surface area contributed by atoms with Crippen LogP contribution in [-0.2, 0) is 20.7 Å². The second kappa shape index (κ2) is 10.6. The Labute approximate surface area is 191 Å². The number of esters is 1. The number of alkyl halides is 1. The van der Waals surface area contributed by atoms with Gasteiger partial charge in [0.05, 0.1) is 18.7 Å². The number of nitrogens with one attached hydrogen (secondary N) is 1. The third-order valence-corrected chi connectivity index (χ3v) is 5.97. The fraction of sp³-hybridized carbons (Fsp3) is 0.348. The smallest absolute Gasteiger partial charge is 0.337 e. The number of benzene rings is 2. The van der Waals surface area contributed by atoms with Gasteiger partial charge in [0, 0.05) is 10.7 Å². The molecule has 2 aromatic carbocycles. The molecule has 1 aliphatic rings. The molecule has 1 atom stereocenters. The van der Waals surface area contributed by atoms with E-state index in [1.165, 1.54) is 12.0 Å². The van der Waals surface area contributed by atoms with Gasteiger partial charge in [0.25, 0.3) is 0 Å². The number of rotatable bonds is 6. The van der Waals surface area contributed by atoms with Crippen LogP contribution in [0.3, 0.4) is 0 Å². The molecule has 6 nitrogen and oxygen atoms in total. The number of halogens is 2. The van der Waals surface area contributed by atoms with Gasteiger partial charge in [-0.25, -0.2) is 4.79 Å². The van der Waals surface area contributed by atoms with Crippen LogP contribution in [0.5, 0.6) is 0 Å². The highest BCUT2D eigenvalue weighted by Crippen LogP contribution is 2.36. The van der Waals surface area contributed by atoms with Crippen molar-refractivity contribution in [2.75, 3.05) is 24.9 Å². The fourth-order valence-corrected chi connectivity index (χ4v) is 4.31. The molecule has 0 saturated heterocycles. The summed E-state index contributed by atoms with van der Waals surface area (Å²) in [6, 6.07) is 11.8. The Hall–Kier alpha value is -2.57. The molecule has 1 aliphatic carbocycles. The van der Waals surface area contributed by atoms with E-state index in [0.29, 0.717) is 16.3 Å². The first-order valence-corrected chi connectivity index (χ1v) is 11.0. The quantitative estimate of drug-likeness (QED) is 0.386. The molecule has 0 aliphatic heterocycles. The van der Waals surface area contributed by atoms with Crippen LogP contribution in [-0.4, -0.2) is 42.2 Å². The summed E-state index contributed by atoms with van der Waals surface area (Å²) in [5, 5.41) is 3.45. The third kappa shape index (κ3) is 5.57. The Kier molecular flexibility index (Phi) is 7.93. The van der Waals surface area contributed by atoms with Gasteiger partial charge in [-0.1, -0.05) is 30.2 Å². The molecule has 8 heteroatoms. The average molecular weight is 463 g/mol. The number of amides is 2. The van der Waals surface area contributed by atoms with E-state index in [9.17, 15) is 14.4 Å². The Morgan fingerprint density at radius 2 is 1.87 bits per heavy atom. The summed E-state index contributed by atoms with van der Waals surface area (Å²) in [5.74, 6) is -1.33. The average Bonchev–Trinajstić information content (AvgIpc) is 3.00. The topological polar surface area (TPSA) is 75.7 Å². The monoisotopic (exact) mass is 462 g/mol. The van der Waals surface area contributed by atoms with Crippen LogP contribution in [0.2, 0.25) is 5.02 Å². The second-order valence-electron chi connectivity index (χ2n) is 7.34. The van der Waals surface area contributed by atoms with Gasteiger partial charge in [0.15, 0.2) is 0 Å². The van der Waals surface area contributed by atoms with Crippen LogP contribution in [0.1, 0.15) is 46.8 Å². The minimum absolute atomic E-state index is 0.138. The molecule has 0 aromatic heterocycles. The molecule has 3 rings (SSSR count). The lowest BCUT2D eigenvalue weighted by Gasteiger charge is -2.32. The molecule has 164 valence electrons. The van der Waals surface area contributed by atoms with Crippen molar-refractivity contribution in [2.24, 2.45) is 0 Å². The SMILES string of the molecule is COC(=O)c1ccc(NC(=O)CN(C(=O)CCl)[C@@H]2CCCCc3c(Cl)cccc32)cc1. The highest BCUT2D eigenvalue weighted by atomic mass is 35.5. The van der Waals surface area contributed by atoms with Gasteiger partial charge < -0.3 is 15.0 Å². The summed E-state index contributed by atoms with van der Waals surface area (Å²) >= 11 is 12.3. The first kappa shape index (κ1) is 23.1. The molecule has 0 spiro atoms. The van der Waals surface area contributed by atoms with Gasteiger partial charge >= 0.3 is 5.97 Å². The number of anilines is 1.